The molecule has 4 nitrogen and oxygen atoms in total. The summed E-state index contributed by atoms with van der Waals surface area (Å²) >= 11 is 0. The maximum absolute atomic E-state index is 12.8. The molecule has 1 aliphatic rings. The lowest BCUT2D eigenvalue weighted by Crippen LogP contribution is -2.54. The molecule has 20 heavy (non-hydrogen) atoms. The molecule has 1 N–H and O–H groups in total. The second-order valence-corrected chi connectivity index (χ2v) is 5.39. The van der Waals surface area contributed by atoms with Crippen molar-refractivity contribution in [3.05, 3.63) is 29.8 Å². The van der Waals surface area contributed by atoms with Crippen LogP contribution in [0.2, 0.25) is 0 Å². The molecule has 0 aliphatic carbocycles. The molecule has 1 heterocycles. The molecule has 1 atom stereocenters. The monoisotopic (exact) mass is 271 g/mol. The molecule has 0 bridgehead atoms. The first-order valence-electron chi connectivity index (χ1n) is 7.16. The number of carbonyl (C=O) groups is 1. The van der Waals surface area contributed by atoms with Gasteiger partial charge in [-0.2, -0.15) is 5.26 Å². The number of anilines is 1. The number of nitrogens with one attached hydrogen (secondary N) is 1. The molecule has 1 aromatic rings. The summed E-state index contributed by atoms with van der Waals surface area (Å²) in [6, 6.07) is 9.23. The first-order valence-corrected chi connectivity index (χ1v) is 7.16. The van der Waals surface area contributed by atoms with Crippen molar-refractivity contribution < 1.29 is 4.79 Å². The Kier molecular flexibility index (Phi) is 4.41. The van der Waals surface area contributed by atoms with Crippen molar-refractivity contribution in [1.29, 1.82) is 5.26 Å². The Labute approximate surface area is 120 Å². The van der Waals surface area contributed by atoms with E-state index in [2.05, 4.69) is 18.3 Å². The van der Waals surface area contributed by atoms with Gasteiger partial charge < -0.3 is 10.2 Å². The molecule has 4 heteroatoms. The smallest absolute Gasteiger partial charge is 0.247 e. The number of hydrogen-bond acceptors (Lipinski definition) is 3. The Morgan fingerprint density at radius 3 is 2.65 bits per heavy atom. The number of hydrogen-bond donors (Lipinski definition) is 1. The maximum Gasteiger partial charge on any atom is 0.247 e. The van der Waals surface area contributed by atoms with Gasteiger partial charge in [0.1, 0.15) is 0 Å². The van der Waals surface area contributed by atoms with Crippen LogP contribution >= 0.6 is 0 Å². The largest absolute Gasteiger partial charge is 0.314 e. The lowest BCUT2D eigenvalue weighted by atomic mass is 9.90. The van der Waals surface area contributed by atoms with Crippen molar-refractivity contribution >= 4 is 11.6 Å². The lowest BCUT2D eigenvalue weighted by molar-refractivity contribution is -0.124. The topological polar surface area (TPSA) is 56.1 Å². The fraction of sp³-hybridized carbons (Fsp3) is 0.500. The molecule has 2 rings (SSSR count). The van der Waals surface area contributed by atoms with Gasteiger partial charge in [0.05, 0.1) is 17.2 Å². The summed E-state index contributed by atoms with van der Waals surface area (Å²) in [5.41, 5.74) is 1.03. The van der Waals surface area contributed by atoms with Gasteiger partial charge in [0.2, 0.25) is 5.91 Å². The number of amides is 1. The van der Waals surface area contributed by atoms with E-state index in [-0.39, 0.29) is 5.91 Å². The van der Waals surface area contributed by atoms with E-state index in [9.17, 15) is 4.79 Å². The summed E-state index contributed by atoms with van der Waals surface area (Å²) < 4.78 is 0. The molecule has 106 valence electrons. The minimum absolute atomic E-state index is 0.126. The first kappa shape index (κ1) is 14.5. The van der Waals surface area contributed by atoms with Gasteiger partial charge in [0, 0.05) is 12.7 Å². The molecule has 1 unspecified atom stereocenters. The normalized spacial score (nSPS) is 21.4. The zero-order chi connectivity index (χ0) is 14.6. The van der Waals surface area contributed by atoms with Crippen molar-refractivity contribution in [2.75, 3.05) is 18.5 Å². The van der Waals surface area contributed by atoms with Crippen molar-refractivity contribution in [3.8, 4) is 6.07 Å². The third-order valence-electron chi connectivity index (χ3n) is 4.02. The van der Waals surface area contributed by atoms with Gasteiger partial charge in [-0.05, 0) is 50.1 Å². The Morgan fingerprint density at radius 1 is 1.45 bits per heavy atom. The van der Waals surface area contributed by atoms with E-state index in [1.165, 1.54) is 0 Å². The van der Waals surface area contributed by atoms with E-state index in [1.54, 1.807) is 24.1 Å². The van der Waals surface area contributed by atoms with Gasteiger partial charge in [-0.15, -0.1) is 0 Å². The maximum atomic E-state index is 12.8. The summed E-state index contributed by atoms with van der Waals surface area (Å²) in [7, 11) is 1.81. The average Bonchev–Trinajstić information content (AvgIpc) is 2.96. The number of nitrogens with zero attached hydrogens (tertiary/aromatic N) is 2. The van der Waals surface area contributed by atoms with Gasteiger partial charge in [0.25, 0.3) is 0 Å². The van der Waals surface area contributed by atoms with Gasteiger partial charge in [-0.3, -0.25) is 4.79 Å². The molecule has 1 fully saturated rings. The number of carbonyl (C=O) groups excluding carboxylic acids is 1. The number of benzene rings is 1. The predicted octanol–water partition coefficient (Wildman–Crippen LogP) is 2.44. The molecule has 1 saturated heterocycles. The quantitative estimate of drug-likeness (QED) is 0.915. The van der Waals surface area contributed by atoms with Gasteiger partial charge in [0.15, 0.2) is 0 Å². The summed E-state index contributed by atoms with van der Waals surface area (Å²) in [5.74, 6) is 0.126. The fourth-order valence-electron chi connectivity index (χ4n) is 2.93. The summed E-state index contributed by atoms with van der Waals surface area (Å²) in [5, 5.41) is 12.2. The number of likely N-dealkylation sites (N-methyl/N-ethyl adjacent to an activating group) is 1. The molecule has 0 saturated carbocycles. The molecular formula is C16H21N3O. The molecule has 1 aromatic carbocycles. The Morgan fingerprint density at radius 2 is 2.15 bits per heavy atom. The van der Waals surface area contributed by atoms with E-state index in [0.29, 0.717) is 5.56 Å². The highest BCUT2D eigenvalue weighted by Crippen LogP contribution is 2.28. The lowest BCUT2D eigenvalue weighted by Gasteiger charge is -2.32. The standard InChI is InChI=1S/C16H21N3O/c1-3-9-16(10-4-11-18-16)15(20)19(2)14-7-5-13(12-17)6-8-14/h5-8,18H,3-4,9-11H2,1-2H3. The number of nitriles is 1. The van der Waals surface area contributed by atoms with Crippen molar-refractivity contribution in [2.45, 2.75) is 38.1 Å². The molecule has 0 aromatic heterocycles. The Bertz CT molecular complexity index is 510. The van der Waals surface area contributed by atoms with Crippen LogP contribution in [0.25, 0.3) is 0 Å². The highest BCUT2D eigenvalue weighted by Gasteiger charge is 2.41. The van der Waals surface area contributed by atoms with E-state index in [0.717, 1.165) is 37.9 Å². The number of rotatable bonds is 4. The van der Waals surface area contributed by atoms with E-state index >= 15 is 0 Å². The minimum Gasteiger partial charge on any atom is -0.314 e. The minimum atomic E-state index is -0.405. The van der Waals surface area contributed by atoms with Crippen molar-refractivity contribution in [2.24, 2.45) is 0 Å². The molecule has 1 aliphatic heterocycles. The van der Waals surface area contributed by atoms with Crippen LogP contribution in [-0.4, -0.2) is 25.0 Å². The third kappa shape index (κ3) is 2.68. The molecular weight excluding hydrogens is 250 g/mol. The van der Waals surface area contributed by atoms with Crippen LogP contribution in [0.5, 0.6) is 0 Å². The molecule has 1 amide bonds. The fourth-order valence-corrected chi connectivity index (χ4v) is 2.93. The van der Waals surface area contributed by atoms with Crippen LogP contribution in [-0.2, 0) is 4.79 Å². The van der Waals surface area contributed by atoms with Gasteiger partial charge >= 0.3 is 0 Å². The zero-order valence-corrected chi connectivity index (χ0v) is 12.1. The second kappa shape index (κ2) is 6.06. The highest BCUT2D eigenvalue weighted by atomic mass is 16.2. The molecule has 0 radical (unpaired) electrons. The van der Waals surface area contributed by atoms with E-state index in [1.807, 2.05) is 12.1 Å². The van der Waals surface area contributed by atoms with Gasteiger partial charge in [-0.1, -0.05) is 13.3 Å². The first-order chi connectivity index (χ1) is 9.63. The summed E-state index contributed by atoms with van der Waals surface area (Å²) in [6.45, 7) is 3.02. The van der Waals surface area contributed by atoms with E-state index in [4.69, 9.17) is 5.26 Å². The van der Waals surface area contributed by atoms with Crippen molar-refractivity contribution in [1.82, 2.24) is 5.32 Å². The van der Waals surface area contributed by atoms with Crippen molar-refractivity contribution in [3.63, 3.8) is 0 Å². The predicted molar refractivity (Wildman–Crippen MR) is 79.4 cm³/mol. The summed E-state index contributed by atoms with van der Waals surface area (Å²) in [6.07, 6.45) is 3.81. The van der Waals surface area contributed by atoms with Crippen LogP contribution in [0.1, 0.15) is 38.2 Å². The third-order valence-corrected chi connectivity index (χ3v) is 4.02. The van der Waals surface area contributed by atoms with E-state index < -0.39 is 5.54 Å². The Hall–Kier alpha value is -1.86. The van der Waals surface area contributed by atoms with Gasteiger partial charge in [-0.25, -0.2) is 0 Å². The molecule has 0 spiro atoms. The Balaban J connectivity index is 2.20. The second-order valence-electron chi connectivity index (χ2n) is 5.39. The average molecular weight is 271 g/mol. The van der Waals surface area contributed by atoms with Crippen LogP contribution in [0.4, 0.5) is 5.69 Å². The van der Waals surface area contributed by atoms with Crippen LogP contribution in [0, 0.1) is 11.3 Å². The summed E-state index contributed by atoms with van der Waals surface area (Å²) in [4.78, 5) is 14.5. The van der Waals surface area contributed by atoms with Crippen LogP contribution in [0.3, 0.4) is 0 Å². The highest BCUT2D eigenvalue weighted by molar-refractivity contribution is 6.00. The SMILES string of the molecule is CCCC1(C(=O)N(C)c2ccc(C#N)cc2)CCCN1. The van der Waals surface area contributed by atoms with Crippen LogP contribution < -0.4 is 10.2 Å². The zero-order valence-electron chi connectivity index (χ0n) is 12.1. The van der Waals surface area contributed by atoms with Crippen LogP contribution in [0.15, 0.2) is 24.3 Å².